The molecule has 0 aliphatic carbocycles. The number of benzene rings is 1. The monoisotopic (exact) mass is 339 g/mol. The third-order valence-corrected chi connectivity index (χ3v) is 5.89. The average molecular weight is 340 g/mol. The highest BCUT2D eigenvalue weighted by Crippen LogP contribution is 2.23. The lowest BCUT2D eigenvalue weighted by molar-refractivity contribution is 0.161. The highest BCUT2D eigenvalue weighted by atomic mass is 32.2. The minimum Gasteiger partial charge on any atom is -0.382 e. The lowest BCUT2D eigenvalue weighted by Crippen LogP contribution is -2.44. The topological polar surface area (TPSA) is 61.4 Å². The van der Waals surface area contributed by atoms with E-state index in [9.17, 15) is 8.42 Å². The molecule has 2 atom stereocenters. The second-order valence-electron chi connectivity index (χ2n) is 6.34. The van der Waals surface area contributed by atoms with Gasteiger partial charge in [0.15, 0.2) is 0 Å². The first-order valence-corrected chi connectivity index (χ1v) is 10.2. The highest BCUT2D eigenvalue weighted by molar-refractivity contribution is 7.92. The van der Waals surface area contributed by atoms with Crippen molar-refractivity contribution in [1.82, 2.24) is 4.90 Å². The molecule has 2 N–H and O–H groups in total. The summed E-state index contributed by atoms with van der Waals surface area (Å²) in [6, 6.07) is 8.57. The summed E-state index contributed by atoms with van der Waals surface area (Å²) >= 11 is 0. The Labute approximate surface area is 140 Å². The number of nitrogens with one attached hydrogen (secondary N) is 2. The van der Waals surface area contributed by atoms with Gasteiger partial charge in [0.1, 0.15) is 0 Å². The van der Waals surface area contributed by atoms with Crippen LogP contribution in [0.4, 0.5) is 11.4 Å². The van der Waals surface area contributed by atoms with Gasteiger partial charge >= 0.3 is 0 Å². The van der Waals surface area contributed by atoms with Gasteiger partial charge in [0, 0.05) is 24.3 Å². The van der Waals surface area contributed by atoms with Crippen LogP contribution in [0.1, 0.15) is 40.0 Å². The third-order valence-electron chi connectivity index (χ3n) is 4.40. The molecular formula is C17H29N3O2S. The van der Waals surface area contributed by atoms with Crippen LogP contribution >= 0.6 is 0 Å². The Kier molecular flexibility index (Phi) is 6.30. The summed E-state index contributed by atoms with van der Waals surface area (Å²) in [4.78, 5) is 2.49. The summed E-state index contributed by atoms with van der Waals surface area (Å²) in [5.41, 5.74) is 1.60. The van der Waals surface area contributed by atoms with Crippen LogP contribution in [-0.4, -0.2) is 44.2 Å². The zero-order chi connectivity index (χ0) is 16.9. The number of rotatable bonds is 7. The lowest BCUT2D eigenvalue weighted by Gasteiger charge is -2.37. The largest absolute Gasteiger partial charge is 0.382 e. The van der Waals surface area contributed by atoms with E-state index in [0.717, 1.165) is 31.6 Å². The number of sulfonamides is 1. The zero-order valence-electron chi connectivity index (χ0n) is 14.4. The Hall–Kier alpha value is -1.27. The Bertz CT molecular complexity index is 604. The Morgan fingerprint density at radius 2 is 2.00 bits per heavy atom. The van der Waals surface area contributed by atoms with Gasteiger partial charge in [0.25, 0.3) is 0 Å². The summed E-state index contributed by atoms with van der Waals surface area (Å²) in [5, 5.41) is 3.55. The van der Waals surface area contributed by atoms with Crippen LogP contribution in [-0.2, 0) is 10.0 Å². The molecule has 0 spiro atoms. The average Bonchev–Trinajstić information content (AvgIpc) is 2.47. The highest BCUT2D eigenvalue weighted by Gasteiger charge is 2.24. The first kappa shape index (κ1) is 18.1. The SMILES string of the molecule is CCCS(=O)(=O)Nc1cccc(N[C@@H]2CCN(CC)[C@H](C)C2)c1. The van der Waals surface area contributed by atoms with Crippen molar-refractivity contribution in [2.75, 3.05) is 28.9 Å². The fourth-order valence-corrected chi connectivity index (χ4v) is 4.35. The molecule has 0 aromatic heterocycles. The molecule has 1 saturated heterocycles. The van der Waals surface area contributed by atoms with Crippen LogP contribution < -0.4 is 10.0 Å². The maximum Gasteiger partial charge on any atom is 0.232 e. The normalized spacial score (nSPS) is 22.7. The van der Waals surface area contributed by atoms with Gasteiger partial charge in [-0.25, -0.2) is 8.42 Å². The van der Waals surface area contributed by atoms with E-state index in [0.29, 0.717) is 24.2 Å². The van der Waals surface area contributed by atoms with E-state index in [-0.39, 0.29) is 5.75 Å². The minimum atomic E-state index is -3.24. The van der Waals surface area contributed by atoms with Gasteiger partial charge in [-0.15, -0.1) is 0 Å². The number of likely N-dealkylation sites (tertiary alicyclic amines) is 1. The Morgan fingerprint density at radius 1 is 1.26 bits per heavy atom. The van der Waals surface area contributed by atoms with Crippen molar-refractivity contribution < 1.29 is 8.42 Å². The molecule has 0 saturated carbocycles. The van der Waals surface area contributed by atoms with E-state index in [1.165, 1.54) is 0 Å². The van der Waals surface area contributed by atoms with Crippen molar-refractivity contribution in [2.45, 2.75) is 52.1 Å². The van der Waals surface area contributed by atoms with Crippen molar-refractivity contribution in [3.05, 3.63) is 24.3 Å². The molecule has 1 aromatic carbocycles. The predicted octanol–water partition coefficient (Wildman–Crippen LogP) is 3.12. The van der Waals surface area contributed by atoms with Crippen molar-refractivity contribution in [3.63, 3.8) is 0 Å². The second kappa shape index (κ2) is 8.02. The van der Waals surface area contributed by atoms with E-state index in [1.807, 2.05) is 25.1 Å². The number of hydrogen-bond acceptors (Lipinski definition) is 4. The standard InChI is InChI=1S/C17H29N3O2S/c1-4-11-23(21,22)19-17-8-6-7-15(13-17)18-16-9-10-20(5-2)14(3)12-16/h6-8,13-14,16,18-19H,4-5,9-12H2,1-3H3/t14-,16-/m1/s1. The van der Waals surface area contributed by atoms with Crippen LogP contribution in [0.15, 0.2) is 24.3 Å². The molecule has 0 radical (unpaired) electrons. The smallest absolute Gasteiger partial charge is 0.232 e. The van der Waals surface area contributed by atoms with Gasteiger partial charge in [0.2, 0.25) is 10.0 Å². The lowest BCUT2D eigenvalue weighted by atomic mass is 9.98. The first-order valence-electron chi connectivity index (χ1n) is 8.54. The molecule has 5 nitrogen and oxygen atoms in total. The predicted molar refractivity (Wildman–Crippen MR) is 97.5 cm³/mol. The van der Waals surface area contributed by atoms with Crippen LogP contribution in [0.5, 0.6) is 0 Å². The molecule has 1 aliphatic rings. The summed E-state index contributed by atoms with van der Waals surface area (Å²) in [7, 11) is -3.24. The maximum atomic E-state index is 11.9. The molecular weight excluding hydrogens is 310 g/mol. The van der Waals surface area contributed by atoms with Crippen LogP contribution in [0, 0.1) is 0 Å². The number of anilines is 2. The molecule has 1 aliphatic heterocycles. The molecule has 1 aromatic rings. The van der Waals surface area contributed by atoms with Gasteiger partial charge < -0.3 is 10.2 Å². The van der Waals surface area contributed by atoms with Crippen molar-refractivity contribution in [3.8, 4) is 0 Å². The Morgan fingerprint density at radius 3 is 2.65 bits per heavy atom. The van der Waals surface area contributed by atoms with Gasteiger partial charge in [-0.3, -0.25) is 4.72 Å². The maximum absolute atomic E-state index is 11.9. The third kappa shape index (κ3) is 5.39. The molecule has 6 heteroatoms. The first-order chi connectivity index (χ1) is 10.9. The van der Waals surface area contributed by atoms with Crippen LogP contribution in [0.2, 0.25) is 0 Å². The molecule has 23 heavy (non-hydrogen) atoms. The second-order valence-corrected chi connectivity index (χ2v) is 8.19. The molecule has 130 valence electrons. The molecule has 1 fully saturated rings. The van der Waals surface area contributed by atoms with Crippen molar-refractivity contribution in [2.24, 2.45) is 0 Å². The molecule has 1 heterocycles. The minimum absolute atomic E-state index is 0.150. The number of nitrogens with zero attached hydrogens (tertiary/aromatic N) is 1. The fraction of sp³-hybridized carbons (Fsp3) is 0.647. The van der Waals surface area contributed by atoms with Gasteiger partial charge in [-0.05, 0) is 50.9 Å². The van der Waals surface area contributed by atoms with Gasteiger partial charge in [-0.2, -0.15) is 0 Å². The van der Waals surface area contributed by atoms with E-state index in [4.69, 9.17) is 0 Å². The van der Waals surface area contributed by atoms with Crippen molar-refractivity contribution in [1.29, 1.82) is 0 Å². The van der Waals surface area contributed by atoms with Crippen molar-refractivity contribution >= 4 is 21.4 Å². The molecule has 2 rings (SSSR count). The summed E-state index contributed by atoms with van der Waals surface area (Å²) < 4.78 is 26.4. The Balaban J connectivity index is 1.98. The molecule has 0 amide bonds. The van der Waals surface area contributed by atoms with Crippen LogP contribution in [0.3, 0.4) is 0 Å². The fourth-order valence-electron chi connectivity index (χ4n) is 3.23. The van der Waals surface area contributed by atoms with E-state index in [1.54, 1.807) is 6.07 Å². The molecule has 0 unspecified atom stereocenters. The number of hydrogen-bond donors (Lipinski definition) is 2. The summed E-state index contributed by atoms with van der Waals surface area (Å²) in [6.07, 6.45) is 2.84. The van der Waals surface area contributed by atoms with Crippen LogP contribution in [0.25, 0.3) is 0 Å². The van der Waals surface area contributed by atoms with Gasteiger partial charge in [0.05, 0.1) is 11.4 Å². The van der Waals surface area contributed by atoms with Gasteiger partial charge in [-0.1, -0.05) is 19.9 Å². The summed E-state index contributed by atoms with van der Waals surface area (Å²) in [5.74, 6) is 0.150. The number of piperidine rings is 1. The van der Waals surface area contributed by atoms with E-state index in [2.05, 4.69) is 28.8 Å². The van der Waals surface area contributed by atoms with E-state index < -0.39 is 10.0 Å². The zero-order valence-corrected chi connectivity index (χ0v) is 15.2. The van der Waals surface area contributed by atoms with E-state index >= 15 is 0 Å². The summed E-state index contributed by atoms with van der Waals surface area (Å²) in [6.45, 7) is 8.55. The quantitative estimate of drug-likeness (QED) is 0.801. The molecule has 0 bridgehead atoms.